The molecule has 1 aromatic rings. The summed E-state index contributed by atoms with van der Waals surface area (Å²) in [4.78, 5) is 0. The predicted octanol–water partition coefficient (Wildman–Crippen LogP) is 0.183. The van der Waals surface area contributed by atoms with Gasteiger partial charge < -0.3 is 14.5 Å². The molecule has 0 bridgehead atoms. The zero-order chi connectivity index (χ0) is 10.4. The highest BCUT2D eigenvalue weighted by atomic mass is 19.1. The molecule has 0 aromatic heterocycles. The van der Waals surface area contributed by atoms with E-state index in [1.807, 2.05) is 0 Å². The molecule has 0 spiro atoms. The zero-order valence-corrected chi connectivity index (χ0v) is 7.87. The second kappa shape index (κ2) is 5.75. The van der Waals surface area contributed by atoms with Crippen LogP contribution in [0, 0.1) is 5.82 Å². The summed E-state index contributed by atoms with van der Waals surface area (Å²) in [7, 11) is 2.43. The fourth-order valence-electron chi connectivity index (χ4n) is 1.06. The van der Waals surface area contributed by atoms with Gasteiger partial charge in [0.25, 0.3) is 0 Å². The number of ether oxygens (including phenoxy) is 2. The molecule has 0 fully saturated rings. The normalized spacial score (nSPS) is 10.2. The lowest BCUT2D eigenvalue weighted by molar-refractivity contribution is -0.0389. The minimum atomic E-state index is -0.355. The van der Waals surface area contributed by atoms with Crippen LogP contribution in [0.25, 0.3) is 0 Å². The van der Waals surface area contributed by atoms with Crippen LogP contribution in [0.1, 0.15) is 5.56 Å². The van der Waals surface area contributed by atoms with Crippen molar-refractivity contribution in [2.45, 2.75) is 6.61 Å². The molecule has 5 heteroatoms. The first-order valence-corrected chi connectivity index (χ1v) is 4.10. The first-order chi connectivity index (χ1) is 6.77. The Bertz CT molecular complexity index is 293. The summed E-state index contributed by atoms with van der Waals surface area (Å²) in [5, 5.41) is 8.83. The van der Waals surface area contributed by atoms with Crippen LogP contribution in [0.4, 0.5) is 4.39 Å². The van der Waals surface area contributed by atoms with Crippen molar-refractivity contribution >= 4 is 12.9 Å². The molecule has 0 heterocycles. The molecule has 1 N–H and O–H groups in total. The van der Waals surface area contributed by atoms with E-state index in [1.165, 1.54) is 25.3 Å². The minimum absolute atomic E-state index is 0.140. The van der Waals surface area contributed by atoms with Gasteiger partial charge in [-0.25, -0.2) is 4.39 Å². The van der Waals surface area contributed by atoms with Crippen LogP contribution < -0.4 is 5.46 Å². The first-order valence-electron chi connectivity index (χ1n) is 4.10. The Hall–Kier alpha value is -0.905. The van der Waals surface area contributed by atoms with Gasteiger partial charge in [-0.3, -0.25) is 0 Å². The molecule has 0 unspecified atom stereocenters. The summed E-state index contributed by atoms with van der Waals surface area (Å²) in [6, 6.07) is 4.08. The second-order valence-electron chi connectivity index (χ2n) is 2.73. The van der Waals surface area contributed by atoms with Crippen LogP contribution in [0.3, 0.4) is 0 Å². The van der Waals surface area contributed by atoms with E-state index in [-0.39, 0.29) is 19.2 Å². The maximum absolute atomic E-state index is 12.8. The van der Waals surface area contributed by atoms with Crippen LogP contribution in [0.5, 0.6) is 0 Å². The quantitative estimate of drug-likeness (QED) is 0.415. The predicted molar refractivity (Wildman–Crippen MR) is 50.7 cm³/mol. The Morgan fingerprint density at radius 2 is 2.29 bits per heavy atom. The van der Waals surface area contributed by atoms with Crippen LogP contribution in [-0.2, 0) is 16.1 Å². The minimum Gasteiger partial charge on any atom is -0.450 e. The van der Waals surface area contributed by atoms with Crippen molar-refractivity contribution in [1.82, 2.24) is 0 Å². The molecule has 0 aliphatic rings. The summed E-state index contributed by atoms with van der Waals surface area (Å²) in [6.07, 6.45) is 0. The monoisotopic (exact) mass is 197 g/mol. The van der Waals surface area contributed by atoms with Gasteiger partial charge in [0.05, 0.1) is 6.61 Å². The van der Waals surface area contributed by atoms with Gasteiger partial charge in [0.2, 0.25) is 0 Å². The lowest BCUT2D eigenvalue weighted by atomic mass is 9.84. The van der Waals surface area contributed by atoms with E-state index in [0.29, 0.717) is 11.0 Å². The largest absolute Gasteiger partial charge is 0.450 e. The smallest absolute Gasteiger partial charge is 0.327 e. The average molecular weight is 197 g/mol. The Morgan fingerprint density at radius 3 is 2.93 bits per heavy atom. The number of hydrogen-bond acceptors (Lipinski definition) is 3. The van der Waals surface area contributed by atoms with Gasteiger partial charge >= 0.3 is 7.48 Å². The van der Waals surface area contributed by atoms with E-state index in [2.05, 4.69) is 4.74 Å². The summed E-state index contributed by atoms with van der Waals surface area (Å²) in [5.74, 6) is -0.355. The molecule has 0 saturated carbocycles. The van der Waals surface area contributed by atoms with Crippen molar-refractivity contribution in [2.24, 2.45) is 0 Å². The molecule has 14 heavy (non-hydrogen) atoms. The van der Waals surface area contributed by atoms with Crippen molar-refractivity contribution in [2.75, 3.05) is 13.9 Å². The van der Waals surface area contributed by atoms with Gasteiger partial charge in [0.15, 0.2) is 0 Å². The lowest BCUT2D eigenvalue weighted by Crippen LogP contribution is -2.20. The van der Waals surface area contributed by atoms with Crippen molar-refractivity contribution in [3.63, 3.8) is 0 Å². The van der Waals surface area contributed by atoms with Gasteiger partial charge in [0, 0.05) is 7.11 Å². The average Bonchev–Trinajstić information content (AvgIpc) is 2.19. The standard InChI is InChI=1S/C9H11BFO3/c1-13-6-14-5-7-4-8(11)2-3-9(7)10-12/h2-4,12H,5-6H2,1H3. The van der Waals surface area contributed by atoms with Crippen molar-refractivity contribution < 1.29 is 18.9 Å². The van der Waals surface area contributed by atoms with E-state index in [9.17, 15) is 4.39 Å². The summed E-state index contributed by atoms with van der Waals surface area (Å²) >= 11 is 0. The van der Waals surface area contributed by atoms with Crippen LogP contribution >= 0.6 is 0 Å². The summed E-state index contributed by atoms with van der Waals surface area (Å²) in [6.45, 7) is 0.347. The van der Waals surface area contributed by atoms with Crippen molar-refractivity contribution in [3.05, 3.63) is 29.6 Å². The van der Waals surface area contributed by atoms with Gasteiger partial charge in [-0.05, 0) is 23.2 Å². The number of halogens is 1. The number of rotatable bonds is 5. The molecular weight excluding hydrogens is 186 g/mol. The lowest BCUT2D eigenvalue weighted by Gasteiger charge is -2.07. The van der Waals surface area contributed by atoms with E-state index in [0.717, 1.165) is 7.48 Å². The summed E-state index contributed by atoms with van der Waals surface area (Å²) < 4.78 is 22.5. The van der Waals surface area contributed by atoms with Crippen LogP contribution in [0.15, 0.2) is 18.2 Å². The van der Waals surface area contributed by atoms with Crippen LogP contribution in [-0.4, -0.2) is 26.4 Å². The fourth-order valence-corrected chi connectivity index (χ4v) is 1.06. The Kier molecular flexibility index (Phi) is 4.59. The number of benzene rings is 1. The SMILES string of the molecule is COCOCc1cc(F)ccc1[B]O. The molecule has 3 nitrogen and oxygen atoms in total. The molecule has 0 saturated heterocycles. The molecule has 0 aliphatic carbocycles. The van der Waals surface area contributed by atoms with Crippen molar-refractivity contribution in [1.29, 1.82) is 0 Å². The van der Waals surface area contributed by atoms with Gasteiger partial charge in [-0.2, -0.15) is 0 Å². The third kappa shape index (κ3) is 3.10. The molecule has 0 amide bonds. The Labute approximate surface area is 82.7 Å². The topological polar surface area (TPSA) is 38.7 Å². The Balaban J connectivity index is 2.67. The third-order valence-corrected chi connectivity index (χ3v) is 1.70. The van der Waals surface area contributed by atoms with E-state index >= 15 is 0 Å². The third-order valence-electron chi connectivity index (χ3n) is 1.70. The van der Waals surface area contributed by atoms with E-state index in [4.69, 9.17) is 9.76 Å². The van der Waals surface area contributed by atoms with Gasteiger partial charge in [-0.15, -0.1) is 0 Å². The van der Waals surface area contributed by atoms with E-state index < -0.39 is 0 Å². The molecule has 0 aliphatic heterocycles. The zero-order valence-electron chi connectivity index (χ0n) is 7.87. The van der Waals surface area contributed by atoms with E-state index in [1.54, 1.807) is 0 Å². The second-order valence-corrected chi connectivity index (χ2v) is 2.73. The van der Waals surface area contributed by atoms with Crippen molar-refractivity contribution in [3.8, 4) is 0 Å². The highest BCUT2D eigenvalue weighted by molar-refractivity contribution is 6.46. The molecule has 75 valence electrons. The molecule has 1 radical (unpaired) electrons. The fraction of sp³-hybridized carbons (Fsp3) is 0.333. The molecular formula is C9H11BFO3. The molecule has 0 atom stereocenters. The van der Waals surface area contributed by atoms with Gasteiger partial charge in [0.1, 0.15) is 12.6 Å². The highest BCUT2D eigenvalue weighted by Crippen LogP contribution is 2.02. The molecule has 1 aromatic carbocycles. The van der Waals surface area contributed by atoms with Gasteiger partial charge in [-0.1, -0.05) is 6.07 Å². The number of methoxy groups -OCH3 is 1. The first kappa shape index (κ1) is 11.2. The maximum atomic E-state index is 12.8. The highest BCUT2D eigenvalue weighted by Gasteiger charge is 2.04. The Morgan fingerprint density at radius 1 is 1.50 bits per heavy atom. The van der Waals surface area contributed by atoms with Crippen LogP contribution in [0.2, 0.25) is 0 Å². The summed E-state index contributed by atoms with van der Waals surface area (Å²) in [5.41, 5.74) is 1.13. The maximum Gasteiger partial charge on any atom is 0.327 e. The number of hydrogen-bond donors (Lipinski definition) is 1. The molecule has 1 rings (SSSR count).